The van der Waals surface area contributed by atoms with E-state index in [1.165, 1.54) is 11.8 Å². The quantitative estimate of drug-likeness (QED) is 0.234. The highest BCUT2D eigenvalue weighted by molar-refractivity contribution is 7.99. The van der Waals surface area contributed by atoms with E-state index in [4.69, 9.17) is 9.47 Å². The predicted molar refractivity (Wildman–Crippen MR) is 144 cm³/mol. The molecule has 1 unspecified atom stereocenters. The Morgan fingerprint density at radius 1 is 1.11 bits per heavy atom. The summed E-state index contributed by atoms with van der Waals surface area (Å²) in [4.78, 5) is 20.3. The van der Waals surface area contributed by atoms with Crippen LogP contribution in [-0.2, 0) is 6.42 Å². The Balaban J connectivity index is 1.54. The van der Waals surface area contributed by atoms with Gasteiger partial charge in [0.2, 0.25) is 6.79 Å². The van der Waals surface area contributed by atoms with E-state index < -0.39 is 5.97 Å². The first-order chi connectivity index (χ1) is 18.1. The summed E-state index contributed by atoms with van der Waals surface area (Å²) in [6.07, 6.45) is 6.05. The molecule has 1 aliphatic rings. The number of aromatic nitrogens is 3. The van der Waals surface area contributed by atoms with Gasteiger partial charge in [-0.3, -0.25) is 0 Å². The van der Waals surface area contributed by atoms with Crippen LogP contribution in [0.5, 0.6) is 11.5 Å². The molecule has 3 aromatic carbocycles. The zero-order chi connectivity index (χ0) is 25.4. The molecule has 7 nitrogen and oxygen atoms in total. The van der Waals surface area contributed by atoms with Gasteiger partial charge in [0.15, 0.2) is 11.5 Å². The molecular formula is C29H25N3O4S. The number of H-pyrrole nitrogens is 1. The number of ether oxygens (including phenoxy) is 2. The van der Waals surface area contributed by atoms with Gasteiger partial charge < -0.3 is 24.1 Å². The van der Waals surface area contributed by atoms with Crippen molar-refractivity contribution in [3.63, 3.8) is 0 Å². The van der Waals surface area contributed by atoms with Crippen molar-refractivity contribution in [1.29, 1.82) is 0 Å². The monoisotopic (exact) mass is 511 g/mol. The van der Waals surface area contributed by atoms with Crippen molar-refractivity contribution in [3.05, 3.63) is 96.2 Å². The van der Waals surface area contributed by atoms with Gasteiger partial charge in [0.25, 0.3) is 0 Å². The average molecular weight is 512 g/mol. The zero-order valence-electron chi connectivity index (χ0n) is 20.2. The highest BCUT2D eigenvalue weighted by Gasteiger charge is 2.29. The van der Waals surface area contributed by atoms with E-state index in [9.17, 15) is 9.90 Å². The number of thioether (sulfide) groups is 1. The molecule has 0 saturated heterocycles. The summed E-state index contributed by atoms with van der Waals surface area (Å²) >= 11 is 1.54. The van der Waals surface area contributed by atoms with Crippen molar-refractivity contribution in [2.75, 3.05) is 12.5 Å². The van der Waals surface area contributed by atoms with Gasteiger partial charge in [-0.1, -0.05) is 55.5 Å². The normalized spacial score (nSPS) is 13.2. The lowest BCUT2D eigenvalue weighted by atomic mass is 9.98. The van der Waals surface area contributed by atoms with E-state index in [1.807, 2.05) is 73.8 Å². The fourth-order valence-corrected chi connectivity index (χ4v) is 5.93. The molecule has 3 heterocycles. The van der Waals surface area contributed by atoms with Crippen LogP contribution in [0.15, 0.2) is 84.4 Å². The van der Waals surface area contributed by atoms with Gasteiger partial charge >= 0.3 is 5.97 Å². The Morgan fingerprint density at radius 3 is 2.76 bits per heavy atom. The number of carboxylic acids is 1. The van der Waals surface area contributed by atoms with Crippen LogP contribution in [0, 0.1) is 0 Å². The first-order valence-electron chi connectivity index (χ1n) is 12.1. The molecule has 8 heteroatoms. The number of nitrogens with one attached hydrogen (secondary N) is 1. The molecule has 0 amide bonds. The number of carbonyl (C=O) groups is 1. The molecule has 0 bridgehead atoms. The molecule has 37 heavy (non-hydrogen) atoms. The van der Waals surface area contributed by atoms with Gasteiger partial charge in [0.05, 0.1) is 34.8 Å². The molecule has 0 radical (unpaired) electrons. The summed E-state index contributed by atoms with van der Waals surface area (Å²) in [5.74, 6) is 1.25. The third-order valence-corrected chi connectivity index (χ3v) is 7.62. The van der Waals surface area contributed by atoms with Crippen molar-refractivity contribution in [1.82, 2.24) is 14.5 Å². The molecule has 1 aliphatic heterocycles. The Labute approximate surface area is 218 Å². The SMILES string of the molecule is CCSc1c(C(=O)O)c(-c2cccc3ccccc23)cn1C(Cc1ccc2c(c1)OCO2)c1cnc[nH]1. The van der Waals surface area contributed by atoms with E-state index in [2.05, 4.69) is 14.5 Å². The Hall–Kier alpha value is -4.17. The maximum Gasteiger partial charge on any atom is 0.339 e. The summed E-state index contributed by atoms with van der Waals surface area (Å²) in [6.45, 7) is 2.25. The minimum atomic E-state index is -0.941. The second-order valence-corrected chi connectivity index (χ2v) is 10.1. The number of benzene rings is 3. The van der Waals surface area contributed by atoms with Gasteiger partial charge in [0.1, 0.15) is 0 Å². The summed E-state index contributed by atoms with van der Waals surface area (Å²) in [7, 11) is 0. The number of hydrogen-bond donors (Lipinski definition) is 2. The second kappa shape index (κ2) is 9.71. The molecule has 186 valence electrons. The molecule has 5 aromatic rings. The number of carboxylic acid groups (broad SMARTS) is 1. The third kappa shape index (κ3) is 4.23. The van der Waals surface area contributed by atoms with Gasteiger partial charge in [-0.2, -0.15) is 0 Å². The van der Waals surface area contributed by atoms with E-state index in [-0.39, 0.29) is 12.8 Å². The van der Waals surface area contributed by atoms with Crippen LogP contribution in [-0.4, -0.2) is 38.2 Å². The zero-order valence-corrected chi connectivity index (χ0v) is 21.0. The van der Waals surface area contributed by atoms with E-state index in [0.717, 1.165) is 49.9 Å². The number of fused-ring (bicyclic) bond motifs is 2. The number of aromatic carboxylic acids is 1. The Kier molecular flexibility index (Phi) is 6.10. The first-order valence-corrected chi connectivity index (χ1v) is 13.1. The molecule has 0 saturated carbocycles. The maximum absolute atomic E-state index is 12.8. The fourth-order valence-electron chi connectivity index (χ4n) is 4.99. The largest absolute Gasteiger partial charge is 0.478 e. The summed E-state index contributed by atoms with van der Waals surface area (Å²) in [5.41, 5.74) is 3.87. The number of nitrogens with zero attached hydrogens (tertiary/aromatic N) is 2. The predicted octanol–water partition coefficient (Wildman–Crippen LogP) is 6.40. The number of aromatic amines is 1. The van der Waals surface area contributed by atoms with Crippen LogP contribution < -0.4 is 9.47 Å². The summed E-state index contributed by atoms with van der Waals surface area (Å²) in [6, 6.07) is 19.8. The van der Waals surface area contributed by atoms with Gasteiger partial charge in [-0.15, -0.1) is 11.8 Å². The van der Waals surface area contributed by atoms with Gasteiger partial charge in [-0.25, -0.2) is 9.78 Å². The van der Waals surface area contributed by atoms with Crippen LogP contribution in [0.3, 0.4) is 0 Å². The number of hydrogen-bond acceptors (Lipinski definition) is 5. The van der Waals surface area contributed by atoms with Gasteiger partial charge in [-0.05, 0) is 46.2 Å². The maximum atomic E-state index is 12.8. The third-order valence-electron chi connectivity index (χ3n) is 6.64. The molecule has 0 aliphatic carbocycles. The molecule has 0 fully saturated rings. The minimum Gasteiger partial charge on any atom is -0.478 e. The lowest BCUT2D eigenvalue weighted by Gasteiger charge is -2.21. The van der Waals surface area contributed by atoms with E-state index >= 15 is 0 Å². The van der Waals surface area contributed by atoms with Crippen LogP contribution in [0.1, 0.15) is 34.6 Å². The molecule has 2 N–H and O–H groups in total. The van der Waals surface area contributed by atoms with Crippen LogP contribution in [0.25, 0.3) is 21.9 Å². The van der Waals surface area contributed by atoms with Crippen molar-refractivity contribution in [2.45, 2.75) is 24.4 Å². The standard InChI is InChI=1S/C29H25N3O4S/c1-2-37-28-27(29(33)34)22(21-9-5-7-19-6-3-4-8-20(19)21)15-32(28)24(23-14-30-16-31-23)12-18-10-11-25-26(13-18)36-17-35-25/h3-11,13-16,24H,2,12,17H2,1H3,(H,30,31)(H,33,34). The van der Waals surface area contributed by atoms with Crippen molar-refractivity contribution in [2.24, 2.45) is 0 Å². The van der Waals surface area contributed by atoms with E-state index in [1.54, 1.807) is 12.5 Å². The Bertz CT molecular complexity index is 1590. The lowest BCUT2D eigenvalue weighted by Crippen LogP contribution is -2.15. The van der Waals surface area contributed by atoms with Crippen LogP contribution in [0.4, 0.5) is 0 Å². The highest BCUT2D eigenvalue weighted by atomic mass is 32.2. The molecule has 2 aromatic heterocycles. The summed E-state index contributed by atoms with van der Waals surface area (Å²) < 4.78 is 13.2. The average Bonchev–Trinajstić information content (AvgIpc) is 3.67. The van der Waals surface area contributed by atoms with Crippen LogP contribution >= 0.6 is 11.8 Å². The fraction of sp³-hybridized carbons (Fsp3) is 0.172. The summed E-state index contributed by atoms with van der Waals surface area (Å²) in [5, 5.41) is 13.3. The first kappa shape index (κ1) is 23.2. The topological polar surface area (TPSA) is 89.4 Å². The molecule has 6 rings (SSSR count). The van der Waals surface area contributed by atoms with E-state index in [0.29, 0.717) is 17.5 Å². The van der Waals surface area contributed by atoms with Crippen molar-refractivity contribution >= 4 is 28.5 Å². The van der Waals surface area contributed by atoms with Crippen LogP contribution in [0.2, 0.25) is 0 Å². The highest BCUT2D eigenvalue weighted by Crippen LogP contribution is 2.41. The molecule has 0 spiro atoms. The Morgan fingerprint density at radius 2 is 1.95 bits per heavy atom. The van der Waals surface area contributed by atoms with Crippen molar-refractivity contribution < 1.29 is 19.4 Å². The van der Waals surface area contributed by atoms with Gasteiger partial charge in [0, 0.05) is 11.8 Å². The lowest BCUT2D eigenvalue weighted by molar-refractivity contribution is 0.0693. The molecular weight excluding hydrogens is 486 g/mol. The smallest absolute Gasteiger partial charge is 0.339 e. The minimum absolute atomic E-state index is 0.209. The number of rotatable bonds is 8. The second-order valence-electron chi connectivity index (χ2n) is 8.81. The number of imidazole rings is 1. The van der Waals surface area contributed by atoms with Crippen molar-refractivity contribution in [3.8, 4) is 22.6 Å². The molecule has 1 atom stereocenters.